The summed E-state index contributed by atoms with van der Waals surface area (Å²) in [7, 11) is 0. The number of carboxylic acid groups (broad SMARTS) is 1. The van der Waals surface area contributed by atoms with Gasteiger partial charge in [-0.05, 0) is 36.6 Å². The molecular formula is C16H25NO3. The average molecular weight is 279 g/mol. The number of carbonyl (C=O) groups is 1. The van der Waals surface area contributed by atoms with Crippen molar-refractivity contribution in [2.75, 3.05) is 6.54 Å². The Balaban J connectivity index is 2.60. The van der Waals surface area contributed by atoms with E-state index in [4.69, 9.17) is 9.84 Å². The average Bonchev–Trinajstić information content (AvgIpc) is 2.38. The van der Waals surface area contributed by atoms with Gasteiger partial charge >= 0.3 is 5.97 Å². The van der Waals surface area contributed by atoms with Gasteiger partial charge in [0.05, 0.1) is 0 Å². The molecular weight excluding hydrogens is 254 g/mol. The van der Waals surface area contributed by atoms with E-state index in [1.807, 2.05) is 25.1 Å². The molecule has 20 heavy (non-hydrogen) atoms. The number of aliphatic carboxylic acids is 1. The maximum absolute atomic E-state index is 11.1. The van der Waals surface area contributed by atoms with Crippen molar-refractivity contribution in [2.24, 2.45) is 5.92 Å². The predicted molar refractivity (Wildman–Crippen MR) is 79.9 cm³/mol. The Bertz CT molecular complexity index is 418. The van der Waals surface area contributed by atoms with E-state index in [1.54, 1.807) is 6.07 Å². The summed E-state index contributed by atoms with van der Waals surface area (Å²) >= 11 is 0. The smallest absolute Gasteiger partial charge is 0.344 e. The van der Waals surface area contributed by atoms with E-state index in [1.165, 1.54) is 0 Å². The lowest BCUT2D eigenvalue weighted by atomic mass is 10.2. The number of hydrogen-bond donors (Lipinski definition) is 2. The molecule has 0 heterocycles. The number of carboxylic acids is 1. The molecule has 0 aliphatic carbocycles. The summed E-state index contributed by atoms with van der Waals surface area (Å²) in [5.41, 5.74) is 1.10. The summed E-state index contributed by atoms with van der Waals surface area (Å²) in [4.78, 5) is 11.1. The van der Waals surface area contributed by atoms with Crippen LogP contribution in [-0.4, -0.2) is 23.7 Å². The van der Waals surface area contributed by atoms with E-state index < -0.39 is 12.1 Å². The number of benzene rings is 1. The van der Waals surface area contributed by atoms with Crippen molar-refractivity contribution in [1.29, 1.82) is 0 Å². The Kier molecular flexibility index (Phi) is 7.09. The highest BCUT2D eigenvalue weighted by Crippen LogP contribution is 2.17. The summed E-state index contributed by atoms with van der Waals surface area (Å²) in [6.07, 6.45) is 0.538. The highest BCUT2D eigenvalue weighted by atomic mass is 16.5. The van der Waals surface area contributed by atoms with Crippen LogP contribution in [0.4, 0.5) is 0 Å². The monoisotopic (exact) mass is 279 g/mol. The van der Waals surface area contributed by atoms with E-state index in [-0.39, 0.29) is 0 Å². The molecule has 1 atom stereocenters. The SMILES string of the molecule is CCCC(Oc1cccc(CNCC(C)C)c1)C(=O)O. The minimum Gasteiger partial charge on any atom is -0.479 e. The quantitative estimate of drug-likeness (QED) is 0.729. The molecule has 1 aromatic carbocycles. The molecule has 1 rings (SSSR count). The van der Waals surface area contributed by atoms with Crippen LogP contribution in [0.1, 0.15) is 39.2 Å². The predicted octanol–water partition coefficient (Wildman–Crippen LogP) is 3.06. The van der Waals surface area contributed by atoms with Crippen molar-refractivity contribution in [2.45, 2.75) is 46.3 Å². The van der Waals surface area contributed by atoms with Crippen LogP contribution >= 0.6 is 0 Å². The minimum absolute atomic E-state index is 0.519. The van der Waals surface area contributed by atoms with Gasteiger partial charge in [0.15, 0.2) is 6.10 Å². The molecule has 0 saturated heterocycles. The number of ether oxygens (including phenoxy) is 1. The Morgan fingerprint density at radius 1 is 1.40 bits per heavy atom. The zero-order chi connectivity index (χ0) is 15.0. The fraction of sp³-hybridized carbons (Fsp3) is 0.562. The molecule has 0 radical (unpaired) electrons. The lowest BCUT2D eigenvalue weighted by Crippen LogP contribution is -2.26. The summed E-state index contributed by atoms with van der Waals surface area (Å²) in [6.45, 7) is 7.99. The molecule has 0 aromatic heterocycles. The molecule has 0 bridgehead atoms. The molecule has 4 nitrogen and oxygen atoms in total. The van der Waals surface area contributed by atoms with Crippen LogP contribution in [0.15, 0.2) is 24.3 Å². The van der Waals surface area contributed by atoms with E-state index in [9.17, 15) is 4.79 Å². The standard InChI is InChI=1S/C16H25NO3/c1-4-6-15(16(18)19)20-14-8-5-7-13(9-14)11-17-10-12(2)3/h5,7-9,12,15,17H,4,6,10-11H2,1-3H3,(H,18,19). The van der Waals surface area contributed by atoms with E-state index >= 15 is 0 Å². The lowest BCUT2D eigenvalue weighted by Gasteiger charge is -2.15. The minimum atomic E-state index is -0.907. The van der Waals surface area contributed by atoms with Gasteiger partial charge in [0.1, 0.15) is 5.75 Å². The molecule has 1 aromatic rings. The first kappa shape index (κ1) is 16.5. The molecule has 1 unspecified atom stereocenters. The highest BCUT2D eigenvalue weighted by Gasteiger charge is 2.18. The van der Waals surface area contributed by atoms with Gasteiger partial charge in [-0.15, -0.1) is 0 Å². The van der Waals surface area contributed by atoms with Crippen LogP contribution < -0.4 is 10.1 Å². The Hall–Kier alpha value is -1.55. The summed E-state index contributed by atoms with van der Waals surface area (Å²) in [6, 6.07) is 7.61. The van der Waals surface area contributed by atoms with Gasteiger partial charge in [0.25, 0.3) is 0 Å². The zero-order valence-electron chi connectivity index (χ0n) is 12.6. The van der Waals surface area contributed by atoms with Gasteiger partial charge < -0.3 is 15.2 Å². The second-order valence-corrected chi connectivity index (χ2v) is 5.41. The first-order valence-electron chi connectivity index (χ1n) is 7.22. The fourth-order valence-electron chi connectivity index (χ4n) is 1.89. The molecule has 0 aliphatic heterocycles. The maximum Gasteiger partial charge on any atom is 0.344 e. The van der Waals surface area contributed by atoms with Gasteiger partial charge in [-0.2, -0.15) is 0 Å². The van der Waals surface area contributed by atoms with E-state index in [2.05, 4.69) is 19.2 Å². The van der Waals surface area contributed by atoms with Crippen LogP contribution in [0.2, 0.25) is 0 Å². The number of rotatable bonds is 9. The molecule has 2 N–H and O–H groups in total. The number of hydrogen-bond acceptors (Lipinski definition) is 3. The van der Waals surface area contributed by atoms with E-state index in [0.717, 1.165) is 25.1 Å². The lowest BCUT2D eigenvalue weighted by molar-refractivity contribution is -0.145. The molecule has 4 heteroatoms. The Morgan fingerprint density at radius 2 is 2.15 bits per heavy atom. The second-order valence-electron chi connectivity index (χ2n) is 5.41. The molecule has 0 spiro atoms. The van der Waals surface area contributed by atoms with Crippen molar-refractivity contribution < 1.29 is 14.6 Å². The van der Waals surface area contributed by atoms with Gasteiger partial charge in [-0.25, -0.2) is 4.79 Å². The van der Waals surface area contributed by atoms with Crippen molar-refractivity contribution in [3.8, 4) is 5.75 Å². The summed E-state index contributed by atoms with van der Waals surface area (Å²) in [5, 5.41) is 12.5. The van der Waals surface area contributed by atoms with Gasteiger partial charge in [0.2, 0.25) is 0 Å². The third kappa shape index (κ3) is 6.06. The van der Waals surface area contributed by atoms with Crippen molar-refractivity contribution in [1.82, 2.24) is 5.32 Å². The van der Waals surface area contributed by atoms with Crippen molar-refractivity contribution in [3.05, 3.63) is 29.8 Å². The fourth-order valence-corrected chi connectivity index (χ4v) is 1.89. The van der Waals surface area contributed by atoms with Crippen molar-refractivity contribution >= 4 is 5.97 Å². The van der Waals surface area contributed by atoms with Gasteiger partial charge in [-0.1, -0.05) is 39.3 Å². The largest absolute Gasteiger partial charge is 0.479 e. The van der Waals surface area contributed by atoms with Gasteiger partial charge in [0, 0.05) is 6.54 Å². The van der Waals surface area contributed by atoms with Crippen LogP contribution in [0.3, 0.4) is 0 Å². The Labute approximate surface area is 121 Å². The van der Waals surface area contributed by atoms with Crippen LogP contribution in [0.25, 0.3) is 0 Å². The normalized spacial score (nSPS) is 12.4. The van der Waals surface area contributed by atoms with Gasteiger partial charge in [-0.3, -0.25) is 0 Å². The first-order valence-corrected chi connectivity index (χ1v) is 7.22. The topological polar surface area (TPSA) is 58.6 Å². The molecule has 0 fully saturated rings. The number of nitrogens with one attached hydrogen (secondary N) is 1. The van der Waals surface area contributed by atoms with Crippen LogP contribution in [0.5, 0.6) is 5.75 Å². The molecule has 0 saturated carbocycles. The molecule has 112 valence electrons. The second kappa shape index (κ2) is 8.59. The van der Waals surface area contributed by atoms with Crippen molar-refractivity contribution in [3.63, 3.8) is 0 Å². The first-order chi connectivity index (χ1) is 9.52. The molecule has 0 amide bonds. The third-order valence-electron chi connectivity index (χ3n) is 2.88. The summed E-state index contributed by atoms with van der Waals surface area (Å²) < 4.78 is 5.56. The van der Waals surface area contributed by atoms with Crippen LogP contribution in [0, 0.1) is 5.92 Å². The maximum atomic E-state index is 11.1. The van der Waals surface area contributed by atoms with E-state index in [0.29, 0.717) is 18.1 Å². The highest BCUT2D eigenvalue weighted by molar-refractivity contribution is 5.72. The van der Waals surface area contributed by atoms with Crippen LogP contribution in [-0.2, 0) is 11.3 Å². The third-order valence-corrected chi connectivity index (χ3v) is 2.88. The zero-order valence-corrected chi connectivity index (χ0v) is 12.6. The Morgan fingerprint density at radius 3 is 2.75 bits per heavy atom. The summed E-state index contributed by atoms with van der Waals surface area (Å²) in [5.74, 6) is 0.320. The molecule has 0 aliphatic rings.